The maximum atomic E-state index is 4.82. The van der Waals surface area contributed by atoms with Crippen LogP contribution < -0.4 is 0 Å². The molecule has 118 valence electrons. The highest BCUT2D eigenvalue weighted by Gasteiger charge is 2.13. The fourth-order valence-electron chi connectivity index (χ4n) is 3.47. The van der Waals surface area contributed by atoms with Gasteiger partial charge in [-0.2, -0.15) is 0 Å². The van der Waals surface area contributed by atoms with Crippen LogP contribution in [-0.2, 0) is 13.6 Å². The second-order valence-electron chi connectivity index (χ2n) is 6.52. The molecule has 1 aromatic carbocycles. The zero-order valence-corrected chi connectivity index (χ0v) is 13.8. The maximum absolute atomic E-state index is 4.82. The lowest BCUT2D eigenvalue weighted by Crippen LogP contribution is -2.18. The molecule has 1 aliphatic heterocycles. The molecule has 0 atom stereocenters. The van der Waals surface area contributed by atoms with Crippen LogP contribution in [0.25, 0.3) is 22.4 Å². The van der Waals surface area contributed by atoms with Gasteiger partial charge in [0.1, 0.15) is 5.69 Å². The molecular weight excluding hydrogens is 284 g/mol. The van der Waals surface area contributed by atoms with Gasteiger partial charge in [0, 0.05) is 31.4 Å². The fraction of sp³-hybridized carbons (Fsp3) is 0.368. The van der Waals surface area contributed by atoms with E-state index in [-0.39, 0.29) is 0 Å². The predicted molar refractivity (Wildman–Crippen MR) is 93.2 cm³/mol. The van der Waals surface area contributed by atoms with Crippen LogP contribution in [0.15, 0.2) is 36.7 Å². The van der Waals surface area contributed by atoms with Gasteiger partial charge in [-0.1, -0.05) is 6.07 Å². The molecule has 0 saturated carbocycles. The Labute approximate surface area is 136 Å². The normalized spacial score (nSPS) is 15.6. The SMILES string of the molecule is Cc1cc(-c2nccn2C)nc2ccc(CN3CCCC3)cc12. The van der Waals surface area contributed by atoms with Crippen LogP contribution in [0.1, 0.15) is 24.0 Å². The van der Waals surface area contributed by atoms with E-state index in [1.54, 1.807) is 0 Å². The van der Waals surface area contributed by atoms with Crippen molar-refractivity contribution in [1.82, 2.24) is 19.4 Å². The van der Waals surface area contributed by atoms with Crippen molar-refractivity contribution in [2.24, 2.45) is 7.05 Å². The molecule has 2 aromatic heterocycles. The molecule has 1 aliphatic rings. The van der Waals surface area contributed by atoms with Crippen LogP contribution in [0.2, 0.25) is 0 Å². The number of pyridine rings is 1. The van der Waals surface area contributed by atoms with Crippen molar-refractivity contribution < 1.29 is 0 Å². The minimum absolute atomic E-state index is 0.913. The van der Waals surface area contributed by atoms with Crippen molar-refractivity contribution in [2.45, 2.75) is 26.3 Å². The van der Waals surface area contributed by atoms with Crippen molar-refractivity contribution in [1.29, 1.82) is 0 Å². The average molecular weight is 306 g/mol. The number of benzene rings is 1. The number of nitrogens with zero attached hydrogens (tertiary/aromatic N) is 4. The molecule has 0 aliphatic carbocycles. The smallest absolute Gasteiger partial charge is 0.158 e. The predicted octanol–water partition coefficient (Wildman–Crippen LogP) is 3.54. The van der Waals surface area contributed by atoms with Crippen LogP contribution >= 0.6 is 0 Å². The molecule has 4 heteroatoms. The molecule has 3 aromatic rings. The van der Waals surface area contributed by atoms with E-state index in [0.717, 1.165) is 23.6 Å². The highest BCUT2D eigenvalue weighted by Crippen LogP contribution is 2.25. The Bertz CT molecular complexity index is 844. The number of likely N-dealkylation sites (tertiary alicyclic amines) is 1. The first-order valence-corrected chi connectivity index (χ1v) is 8.31. The largest absolute Gasteiger partial charge is 0.333 e. The molecule has 1 fully saturated rings. The van der Waals surface area contributed by atoms with E-state index in [9.17, 15) is 0 Å². The van der Waals surface area contributed by atoms with Crippen molar-refractivity contribution in [3.8, 4) is 11.5 Å². The quantitative estimate of drug-likeness (QED) is 0.742. The maximum Gasteiger partial charge on any atom is 0.158 e. The molecule has 4 rings (SSSR count). The number of imidazole rings is 1. The van der Waals surface area contributed by atoms with Crippen molar-refractivity contribution in [3.05, 3.63) is 47.8 Å². The second-order valence-corrected chi connectivity index (χ2v) is 6.52. The summed E-state index contributed by atoms with van der Waals surface area (Å²) >= 11 is 0. The number of fused-ring (bicyclic) bond motifs is 1. The first kappa shape index (κ1) is 14.4. The van der Waals surface area contributed by atoms with Gasteiger partial charge in [0.25, 0.3) is 0 Å². The Morgan fingerprint density at radius 1 is 1.13 bits per heavy atom. The number of aromatic nitrogens is 3. The summed E-state index contributed by atoms with van der Waals surface area (Å²) in [7, 11) is 2.00. The summed E-state index contributed by atoms with van der Waals surface area (Å²) in [6, 6.07) is 8.82. The molecule has 1 saturated heterocycles. The van der Waals surface area contributed by atoms with Gasteiger partial charge in [-0.25, -0.2) is 9.97 Å². The van der Waals surface area contributed by atoms with Gasteiger partial charge < -0.3 is 4.57 Å². The molecule has 0 unspecified atom stereocenters. The van der Waals surface area contributed by atoms with Gasteiger partial charge in [-0.3, -0.25) is 4.90 Å². The second kappa shape index (κ2) is 5.78. The summed E-state index contributed by atoms with van der Waals surface area (Å²) in [5, 5.41) is 1.25. The number of aryl methyl sites for hydroxylation is 2. The van der Waals surface area contributed by atoms with Gasteiger partial charge in [-0.05, 0) is 62.2 Å². The van der Waals surface area contributed by atoms with Crippen LogP contribution in [0, 0.1) is 6.92 Å². The van der Waals surface area contributed by atoms with E-state index < -0.39 is 0 Å². The molecule has 0 N–H and O–H groups in total. The van der Waals surface area contributed by atoms with Crippen LogP contribution in [0.5, 0.6) is 0 Å². The summed E-state index contributed by atoms with van der Waals surface area (Å²) in [5.41, 5.74) is 4.63. The number of hydrogen-bond acceptors (Lipinski definition) is 3. The van der Waals surface area contributed by atoms with E-state index in [1.807, 2.05) is 24.0 Å². The Hall–Kier alpha value is -2.20. The van der Waals surface area contributed by atoms with E-state index in [4.69, 9.17) is 4.98 Å². The summed E-state index contributed by atoms with van der Waals surface area (Å²) in [6.07, 6.45) is 6.44. The molecule has 0 bridgehead atoms. The first-order valence-electron chi connectivity index (χ1n) is 8.31. The Morgan fingerprint density at radius 2 is 1.96 bits per heavy atom. The fourth-order valence-corrected chi connectivity index (χ4v) is 3.47. The van der Waals surface area contributed by atoms with Gasteiger partial charge in [0.2, 0.25) is 0 Å². The third kappa shape index (κ3) is 2.75. The zero-order valence-electron chi connectivity index (χ0n) is 13.8. The third-order valence-corrected chi connectivity index (χ3v) is 4.74. The van der Waals surface area contributed by atoms with Crippen LogP contribution in [0.4, 0.5) is 0 Å². The van der Waals surface area contributed by atoms with Gasteiger partial charge in [0.15, 0.2) is 5.82 Å². The monoisotopic (exact) mass is 306 g/mol. The standard InChI is InChI=1S/C19H22N4/c1-14-11-18(19-20-7-10-22(19)2)21-17-6-5-15(12-16(14)17)13-23-8-3-4-9-23/h5-7,10-12H,3-4,8-9,13H2,1-2H3. The third-order valence-electron chi connectivity index (χ3n) is 4.74. The average Bonchev–Trinajstić information content (AvgIpc) is 3.19. The number of rotatable bonds is 3. The molecule has 3 heterocycles. The van der Waals surface area contributed by atoms with Crippen LogP contribution in [0.3, 0.4) is 0 Å². The Morgan fingerprint density at radius 3 is 2.70 bits per heavy atom. The lowest BCUT2D eigenvalue weighted by Gasteiger charge is -2.15. The van der Waals surface area contributed by atoms with Gasteiger partial charge >= 0.3 is 0 Å². The summed E-state index contributed by atoms with van der Waals surface area (Å²) in [5.74, 6) is 0.913. The highest BCUT2D eigenvalue weighted by molar-refractivity contribution is 5.85. The Kier molecular flexibility index (Phi) is 3.62. The topological polar surface area (TPSA) is 34.0 Å². The molecule has 0 radical (unpaired) electrons. The van der Waals surface area contributed by atoms with Crippen molar-refractivity contribution >= 4 is 10.9 Å². The Balaban J connectivity index is 1.72. The van der Waals surface area contributed by atoms with E-state index in [1.165, 1.54) is 42.4 Å². The van der Waals surface area contributed by atoms with Gasteiger partial charge in [-0.15, -0.1) is 0 Å². The summed E-state index contributed by atoms with van der Waals surface area (Å²) in [6.45, 7) is 5.67. The molecule has 0 amide bonds. The molecule has 4 nitrogen and oxygen atoms in total. The summed E-state index contributed by atoms with van der Waals surface area (Å²) in [4.78, 5) is 11.8. The van der Waals surface area contributed by atoms with E-state index in [2.05, 4.69) is 41.1 Å². The first-order chi connectivity index (χ1) is 11.2. The zero-order chi connectivity index (χ0) is 15.8. The van der Waals surface area contributed by atoms with Gasteiger partial charge in [0.05, 0.1) is 5.52 Å². The van der Waals surface area contributed by atoms with Crippen molar-refractivity contribution in [2.75, 3.05) is 13.1 Å². The lowest BCUT2D eigenvalue weighted by atomic mass is 10.1. The van der Waals surface area contributed by atoms with E-state index in [0.29, 0.717) is 0 Å². The lowest BCUT2D eigenvalue weighted by molar-refractivity contribution is 0.331. The summed E-state index contributed by atoms with van der Waals surface area (Å²) < 4.78 is 2.01. The molecule has 0 spiro atoms. The van der Waals surface area contributed by atoms with E-state index >= 15 is 0 Å². The minimum atomic E-state index is 0.913. The number of hydrogen-bond donors (Lipinski definition) is 0. The minimum Gasteiger partial charge on any atom is -0.333 e. The molecule has 23 heavy (non-hydrogen) atoms. The van der Waals surface area contributed by atoms with Crippen molar-refractivity contribution in [3.63, 3.8) is 0 Å². The molecular formula is C19H22N4. The highest BCUT2D eigenvalue weighted by atomic mass is 15.1. The van der Waals surface area contributed by atoms with Crippen LogP contribution in [-0.4, -0.2) is 32.5 Å².